The number of halogens is 3. The van der Waals surface area contributed by atoms with E-state index in [9.17, 15) is 18.0 Å². The maximum absolute atomic E-state index is 13.2. The number of aromatic amines is 1. The van der Waals surface area contributed by atoms with Crippen molar-refractivity contribution in [3.05, 3.63) is 46.6 Å². The number of Topliss-reactive ketones (excluding diaryl/α,β-unsaturated/α-hetero) is 1. The minimum absolute atomic E-state index is 0.0381. The molecule has 2 heterocycles. The van der Waals surface area contributed by atoms with E-state index >= 15 is 0 Å². The number of aliphatic imine (C=N–C) groups is 1. The number of hydrogen-bond acceptors (Lipinski definition) is 3. The van der Waals surface area contributed by atoms with Gasteiger partial charge in [0.2, 0.25) is 0 Å². The predicted octanol–water partition coefficient (Wildman–Crippen LogP) is 4.57. The highest BCUT2D eigenvalue weighted by atomic mass is 19.4. The lowest BCUT2D eigenvalue weighted by molar-refractivity contribution is -0.137. The van der Waals surface area contributed by atoms with Crippen LogP contribution in [0.25, 0.3) is 0 Å². The van der Waals surface area contributed by atoms with E-state index in [0.29, 0.717) is 24.2 Å². The number of aromatic nitrogens is 2. The zero-order chi connectivity index (χ0) is 18.6. The van der Waals surface area contributed by atoms with Gasteiger partial charge in [0.1, 0.15) is 5.78 Å². The van der Waals surface area contributed by atoms with Crippen molar-refractivity contribution < 1.29 is 18.0 Å². The Morgan fingerprint density at radius 2 is 1.96 bits per heavy atom. The molecule has 0 spiro atoms. The van der Waals surface area contributed by atoms with Crippen molar-refractivity contribution in [2.75, 3.05) is 0 Å². The Morgan fingerprint density at radius 3 is 2.69 bits per heavy atom. The molecule has 1 N–H and O–H groups in total. The maximum Gasteiger partial charge on any atom is 0.416 e. The summed E-state index contributed by atoms with van der Waals surface area (Å²) in [6.45, 7) is 3.80. The van der Waals surface area contributed by atoms with Crippen LogP contribution in [0, 0.1) is 18.8 Å². The first-order chi connectivity index (χ1) is 12.3. The molecule has 1 aromatic carbocycles. The van der Waals surface area contributed by atoms with E-state index in [4.69, 9.17) is 0 Å². The van der Waals surface area contributed by atoms with Crippen LogP contribution in [0.3, 0.4) is 0 Å². The van der Waals surface area contributed by atoms with Gasteiger partial charge < -0.3 is 0 Å². The van der Waals surface area contributed by atoms with Crippen LogP contribution in [0.15, 0.2) is 29.3 Å². The minimum Gasteiger partial charge on any atom is -0.299 e. The van der Waals surface area contributed by atoms with Gasteiger partial charge in [0, 0.05) is 29.3 Å². The summed E-state index contributed by atoms with van der Waals surface area (Å²) in [5.41, 5.74) is 1.96. The van der Waals surface area contributed by atoms with Gasteiger partial charge in [0.25, 0.3) is 0 Å². The Balaban J connectivity index is 1.90. The molecule has 136 valence electrons. The molecule has 4 rings (SSSR count). The van der Waals surface area contributed by atoms with Crippen LogP contribution >= 0.6 is 0 Å². The van der Waals surface area contributed by atoms with Crippen molar-refractivity contribution >= 4 is 17.3 Å². The molecule has 1 aliphatic heterocycles. The molecule has 1 aliphatic carbocycles. The van der Waals surface area contributed by atoms with Gasteiger partial charge in [-0.05, 0) is 30.9 Å². The molecule has 7 heteroatoms. The number of nitrogens with zero attached hydrogens (tertiary/aromatic N) is 2. The lowest BCUT2D eigenvalue weighted by Gasteiger charge is -2.36. The molecule has 0 bridgehead atoms. The maximum atomic E-state index is 13.2. The monoisotopic (exact) mass is 361 g/mol. The van der Waals surface area contributed by atoms with Gasteiger partial charge in [-0.25, -0.2) is 4.99 Å². The summed E-state index contributed by atoms with van der Waals surface area (Å²) in [6, 6.07) is 5.25. The summed E-state index contributed by atoms with van der Waals surface area (Å²) in [5.74, 6) is -0.299. The van der Waals surface area contributed by atoms with E-state index in [1.807, 2.05) is 13.8 Å². The SMILES string of the molecule is Cc1[nH]nc2c1C(c1cccc(C(F)(F)F)c1)C1C(=O)CC(C)CC1=N2. The summed E-state index contributed by atoms with van der Waals surface area (Å²) >= 11 is 0. The van der Waals surface area contributed by atoms with Crippen molar-refractivity contribution in [3.63, 3.8) is 0 Å². The number of hydrogen-bond donors (Lipinski definition) is 1. The Labute approximate surface area is 148 Å². The van der Waals surface area contributed by atoms with Gasteiger partial charge in [-0.3, -0.25) is 9.89 Å². The van der Waals surface area contributed by atoms with Crippen LogP contribution in [0.1, 0.15) is 48.1 Å². The van der Waals surface area contributed by atoms with E-state index in [-0.39, 0.29) is 11.7 Å². The molecule has 1 aromatic heterocycles. The highest BCUT2D eigenvalue weighted by Gasteiger charge is 2.44. The lowest BCUT2D eigenvalue weighted by atomic mass is 9.68. The van der Waals surface area contributed by atoms with E-state index in [2.05, 4.69) is 15.2 Å². The summed E-state index contributed by atoms with van der Waals surface area (Å²) in [6.07, 6.45) is -3.34. The molecule has 1 fully saturated rings. The molecular formula is C19H18F3N3O. The third-order valence-electron chi connectivity index (χ3n) is 5.25. The van der Waals surface area contributed by atoms with Crippen molar-refractivity contribution in [1.82, 2.24) is 10.2 Å². The second kappa shape index (κ2) is 5.79. The molecule has 4 nitrogen and oxygen atoms in total. The molecule has 1 saturated carbocycles. The third kappa shape index (κ3) is 2.66. The molecule has 0 amide bonds. The van der Waals surface area contributed by atoms with Crippen LogP contribution in [0.2, 0.25) is 0 Å². The Hall–Kier alpha value is -2.44. The Kier molecular flexibility index (Phi) is 3.78. The average Bonchev–Trinajstić information content (AvgIpc) is 2.93. The number of H-pyrrole nitrogens is 1. The topological polar surface area (TPSA) is 58.1 Å². The average molecular weight is 361 g/mol. The number of benzene rings is 1. The number of fused-ring (bicyclic) bond motifs is 2. The number of alkyl halides is 3. The molecule has 26 heavy (non-hydrogen) atoms. The highest BCUT2D eigenvalue weighted by Crippen LogP contribution is 2.47. The highest BCUT2D eigenvalue weighted by molar-refractivity contribution is 6.10. The molecule has 2 aromatic rings. The summed E-state index contributed by atoms with van der Waals surface area (Å²) in [5, 5.41) is 7.07. The molecule has 0 saturated heterocycles. The number of ketones is 1. The zero-order valence-corrected chi connectivity index (χ0v) is 14.4. The third-order valence-corrected chi connectivity index (χ3v) is 5.25. The second-order valence-electron chi connectivity index (χ2n) is 7.25. The number of aryl methyl sites for hydroxylation is 1. The first-order valence-electron chi connectivity index (χ1n) is 8.58. The minimum atomic E-state index is -4.43. The fraction of sp³-hybridized carbons (Fsp3) is 0.421. The number of rotatable bonds is 1. The Bertz CT molecular complexity index is 913. The lowest BCUT2D eigenvalue weighted by Crippen LogP contribution is -2.39. The van der Waals surface area contributed by atoms with Crippen molar-refractivity contribution in [1.29, 1.82) is 0 Å². The van der Waals surface area contributed by atoms with Crippen LogP contribution in [-0.2, 0) is 11.0 Å². The van der Waals surface area contributed by atoms with Crippen molar-refractivity contribution in [2.45, 2.75) is 38.8 Å². The smallest absolute Gasteiger partial charge is 0.299 e. The fourth-order valence-electron chi connectivity index (χ4n) is 4.16. The molecule has 0 radical (unpaired) electrons. The van der Waals surface area contributed by atoms with E-state index < -0.39 is 23.6 Å². The first-order valence-corrected chi connectivity index (χ1v) is 8.58. The van der Waals surface area contributed by atoms with Gasteiger partial charge in [0.05, 0.1) is 11.5 Å². The quantitative estimate of drug-likeness (QED) is 0.809. The summed E-state index contributed by atoms with van der Waals surface area (Å²) in [7, 11) is 0. The van der Waals surface area contributed by atoms with Gasteiger partial charge >= 0.3 is 6.18 Å². The molecular weight excluding hydrogens is 343 g/mol. The van der Waals surface area contributed by atoms with E-state index in [1.54, 1.807) is 6.07 Å². The largest absolute Gasteiger partial charge is 0.416 e. The number of nitrogens with one attached hydrogen (secondary N) is 1. The van der Waals surface area contributed by atoms with Crippen molar-refractivity contribution in [3.8, 4) is 0 Å². The van der Waals surface area contributed by atoms with Gasteiger partial charge in [-0.2, -0.15) is 18.3 Å². The normalized spacial score (nSPS) is 25.5. The van der Waals surface area contributed by atoms with Crippen molar-refractivity contribution in [2.24, 2.45) is 16.8 Å². The van der Waals surface area contributed by atoms with Gasteiger partial charge in [-0.1, -0.05) is 25.1 Å². The molecule has 3 unspecified atom stereocenters. The van der Waals surface area contributed by atoms with Crippen LogP contribution in [0.5, 0.6) is 0 Å². The predicted molar refractivity (Wildman–Crippen MR) is 90.6 cm³/mol. The summed E-state index contributed by atoms with van der Waals surface area (Å²) < 4.78 is 39.6. The van der Waals surface area contributed by atoms with Gasteiger partial charge in [0.15, 0.2) is 5.82 Å². The fourth-order valence-corrected chi connectivity index (χ4v) is 4.16. The number of carbonyl (C=O) groups excluding carboxylic acids is 1. The van der Waals surface area contributed by atoms with Gasteiger partial charge in [-0.15, -0.1) is 0 Å². The molecule has 2 aliphatic rings. The van der Waals surface area contributed by atoms with Crippen LogP contribution < -0.4 is 0 Å². The first kappa shape index (κ1) is 17.0. The van der Waals surface area contributed by atoms with Crippen LogP contribution in [0.4, 0.5) is 19.0 Å². The van der Waals surface area contributed by atoms with E-state index in [1.165, 1.54) is 6.07 Å². The number of carbonyl (C=O) groups is 1. The van der Waals surface area contributed by atoms with Crippen LogP contribution in [-0.4, -0.2) is 21.7 Å². The zero-order valence-electron chi connectivity index (χ0n) is 14.4. The second-order valence-corrected chi connectivity index (χ2v) is 7.25. The standard InChI is InChI=1S/C19H18F3N3O/c1-9-6-13-17(14(26)7-9)16(15-10(2)24-25-18(15)23-13)11-4-3-5-12(8-11)19(20,21)22/h3-5,8-9,16-17H,6-7H2,1-2H3,(H,24,25). The van der Waals surface area contributed by atoms with E-state index in [0.717, 1.165) is 29.1 Å². The molecule has 3 atom stereocenters. The summed E-state index contributed by atoms with van der Waals surface area (Å²) in [4.78, 5) is 17.4. The Morgan fingerprint density at radius 1 is 1.19 bits per heavy atom.